The summed E-state index contributed by atoms with van der Waals surface area (Å²) in [6.07, 6.45) is 8.20. The molecular weight excluding hydrogens is 304 g/mol. The molecule has 0 unspecified atom stereocenters. The van der Waals surface area contributed by atoms with Crippen LogP contribution in [0.5, 0.6) is 0 Å². The lowest BCUT2D eigenvalue weighted by molar-refractivity contribution is -0.144. The molecule has 24 heavy (non-hydrogen) atoms. The quantitative estimate of drug-likeness (QED) is 0.794. The van der Waals surface area contributed by atoms with Crippen LogP contribution in [-0.4, -0.2) is 61.0 Å². The van der Waals surface area contributed by atoms with Gasteiger partial charge in [0.25, 0.3) is 0 Å². The molecule has 0 aromatic rings. The third-order valence-electron chi connectivity index (χ3n) is 6.63. The Balaban J connectivity index is 1.33. The Morgan fingerprint density at radius 1 is 1.08 bits per heavy atom. The molecule has 0 bridgehead atoms. The van der Waals surface area contributed by atoms with Crippen LogP contribution in [0.1, 0.15) is 51.4 Å². The van der Waals surface area contributed by atoms with Crippen molar-refractivity contribution in [2.75, 3.05) is 39.4 Å². The maximum atomic E-state index is 12.4. The Bertz CT molecular complexity index is 489. The summed E-state index contributed by atoms with van der Waals surface area (Å²) in [6.45, 7) is 5.30. The highest BCUT2D eigenvalue weighted by molar-refractivity contribution is 5.81. The van der Waals surface area contributed by atoms with Crippen LogP contribution in [0.4, 0.5) is 0 Å². The molecule has 3 heterocycles. The van der Waals surface area contributed by atoms with Crippen molar-refractivity contribution in [1.82, 2.24) is 9.80 Å². The molecule has 134 valence electrons. The number of ether oxygens (including phenoxy) is 1. The lowest BCUT2D eigenvalue weighted by Crippen LogP contribution is -2.53. The van der Waals surface area contributed by atoms with E-state index in [4.69, 9.17) is 4.74 Å². The summed E-state index contributed by atoms with van der Waals surface area (Å²) in [5, 5.41) is 0. The predicted octanol–water partition coefficient (Wildman–Crippen LogP) is 2.05. The van der Waals surface area contributed by atoms with Crippen LogP contribution in [0.2, 0.25) is 0 Å². The third-order valence-corrected chi connectivity index (χ3v) is 6.63. The first-order valence-corrected chi connectivity index (χ1v) is 9.80. The summed E-state index contributed by atoms with van der Waals surface area (Å²) in [5.41, 5.74) is 0.263. The molecule has 3 aliphatic heterocycles. The Morgan fingerprint density at radius 2 is 1.79 bits per heavy atom. The number of carbonyl (C=O) groups excluding carboxylic acids is 2. The van der Waals surface area contributed by atoms with E-state index in [1.165, 1.54) is 0 Å². The lowest BCUT2D eigenvalue weighted by Gasteiger charge is -2.48. The normalized spacial score (nSPS) is 28.4. The Kier molecular flexibility index (Phi) is 4.54. The van der Waals surface area contributed by atoms with Crippen molar-refractivity contribution in [2.45, 2.75) is 51.4 Å². The van der Waals surface area contributed by atoms with Gasteiger partial charge in [-0.05, 0) is 56.3 Å². The summed E-state index contributed by atoms with van der Waals surface area (Å²) < 4.78 is 5.44. The largest absolute Gasteiger partial charge is 0.381 e. The zero-order valence-corrected chi connectivity index (χ0v) is 14.7. The molecule has 1 spiro atoms. The van der Waals surface area contributed by atoms with Crippen molar-refractivity contribution in [2.24, 2.45) is 17.3 Å². The van der Waals surface area contributed by atoms with E-state index in [1.807, 2.05) is 0 Å². The van der Waals surface area contributed by atoms with Crippen LogP contribution in [0.25, 0.3) is 0 Å². The van der Waals surface area contributed by atoms with E-state index in [0.717, 1.165) is 84.3 Å². The van der Waals surface area contributed by atoms with E-state index < -0.39 is 0 Å². The van der Waals surface area contributed by atoms with Gasteiger partial charge in [0, 0.05) is 51.7 Å². The topological polar surface area (TPSA) is 49.9 Å². The average Bonchev–Trinajstić information content (AvgIpc) is 3.45. The van der Waals surface area contributed by atoms with Crippen LogP contribution in [0, 0.1) is 17.3 Å². The van der Waals surface area contributed by atoms with E-state index in [9.17, 15) is 9.59 Å². The highest BCUT2D eigenvalue weighted by atomic mass is 16.5. The van der Waals surface area contributed by atoms with Crippen molar-refractivity contribution in [3.8, 4) is 0 Å². The third kappa shape index (κ3) is 3.46. The van der Waals surface area contributed by atoms with Gasteiger partial charge in [-0.15, -0.1) is 0 Å². The number of likely N-dealkylation sites (tertiary alicyclic amines) is 2. The van der Waals surface area contributed by atoms with Gasteiger partial charge in [0.15, 0.2) is 0 Å². The van der Waals surface area contributed by atoms with Crippen LogP contribution < -0.4 is 0 Å². The second-order valence-electron chi connectivity index (χ2n) is 8.43. The SMILES string of the molecule is O=C1CCC2(CCN(C(=O)C3CC3)CC2)CN1CC1CCOCC1. The molecule has 2 amide bonds. The molecule has 4 rings (SSSR count). The molecule has 4 aliphatic rings. The zero-order valence-electron chi connectivity index (χ0n) is 14.7. The number of nitrogens with zero attached hydrogens (tertiary/aromatic N) is 2. The molecular formula is C19H30N2O3. The van der Waals surface area contributed by atoms with E-state index in [-0.39, 0.29) is 5.41 Å². The van der Waals surface area contributed by atoms with Gasteiger partial charge in [-0.2, -0.15) is 0 Å². The van der Waals surface area contributed by atoms with Crippen molar-refractivity contribution in [1.29, 1.82) is 0 Å². The molecule has 4 fully saturated rings. The summed E-state index contributed by atoms with van der Waals surface area (Å²) in [4.78, 5) is 28.9. The van der Waals surface area contributed by atoms with Crippen molar-refractivity contribution in [3.05, 3.63) is 0 Å². The standard InChI is InChI=1S/C19H30N2O3/c22-17-3-6-19(14-21(17)13-15-4-11-24-12-5-15)7-9-20(10-8-19)18(23)16-1-2-16/h15-16H,1-14H2. The smallest absolute Gasteiger partial charge is 0.225 e. The minimum atomic E-state index is 0.263. The number of carbonyl (C=O) groups is 2. The molecule has 0 N–H and O–H groups in total. The molecule has 5 heteroatoms. The van der Waals surface area contributed by atoms with Crippen LogP contribution in [0.3, 0.4) is 0 Å². The van der Waals surface area contributed by atoms with Gasteiger partial charge in [0.1, 0.15) is 0 Å². The fourth-order valence-corrected chi connectivity index (χ4v) is 4.71. The average molecular weight is 334 g/mol. The van der Waals surface area contributed by atoms with Gasteiger partial charge >= 0.3 is 0 Å². The second-order valence-corrected chi connectivity index (χ2v) is 8.43. The first-order chi connectivity index (χ1) is 11.7. The molecule has 3 saturated heterocycles. The van der Waals surface area contributed by atoms with E-state index in [0.29, 0.717) is 30.1 Å². The van der Waals surface area contributed by atoms with Gasteiger partial charge in [0.05, 0.1) is 0 Å². The van der Waals surface area contributed by atoms with Crippen molar-refractivity contribution >= 4 is 11.8 Å². The van der Waals surface area contributed by atoms with Crippen molar-refractivity contribution in [3.63, 3.8) is 0 Å². The fraction of sp³-hybridized carbons (Fsp3) is 0.895. The maximum Gasteiger partial charge on any atom is 0.225 e. The highest BCUT2D eigenvalue weighted by Crippen LogP contribution is 2.42. The fourth-order valence-electron chi connectivity index (χ4n) is 4.71. The molecule has 0 aromatic heterocycles. The Labute approximate surface area is 144 Å². The molecule has 1 aliphatic carbocycles. The van der Waals surface area contributed by atoms with E-state index >= 15 is 0 Å². The van der Waals surface area contributed by atoms with Crippen LogP contribution in [0.15, 0.2) is 0 Å². The van der Waals surface area contributed by atoms with Crippen molar-refractivity contribution < 1.29 is 14.3 Å². The van der Waals surface area contributed by atoms with E-state index in [2.05, 4.69) is 9.80 Å². The van der Waals surface area contributed by atoms with Gasteiger partial charge < -0.3 is 14.5 Å². The van der Waals surface area contributed by atoms with Gasteiger partial charge in [0.2, 0.25) is 11.8 Å². The van der Waals surface area contributed by atoms with Gasteiger partial charge in [-0.3, -0.25) is 9.59 Å². The summed E-state index contributed by atoms with van der Waals surface area (Å²) in [7, 11) is 0. The molecule has 5 nitrogen and oxygen atoms in total. The molecule has 0 radical (unpaired) electrons. The maximum absolute atomic E-state index is 12.4. The zero-order chi connectivity index (χ0) is 16.6. The number of rotatable bonds is 3. The number of hydrogen-bond donors (Lipinski definition) is 0. The second kappa shape index (κ2) is 6.66. The Hall–Kier alpha value is -1.10. The lowest BCUT2D eigenvalue weighted by atomic mass is 9.72. The van der Waals surface area contributed by atoms with Crippen LogP contribution in [-0.2, 0) is 14.3 Å². The Morgan fingerprint density at radius 3 is 2.46 bits per heavy atom. The molecule has 1 saturated carbocycles. The summed E-state index contributed by atoms with van der Waals surface area (Å²) in [5.74, 6) is 1.66. The number of amides is 2. The number of hydrogen-bond acceptors (Lipinski definition) is 3. The van der Waals surface area contributed by atoms with Gasteiger partial charge in [-0.1, -0.05) is 0 Å². The van der Waals surface area contributed by atoms with Crippen LogP contribution >= 0.6 is 0 Å². The number of piperidine rings is 2. The monoisotopic (exact) mass is 334 g/mol. The predicted molar refractivity (Wildman–Crippen MR) is 90.3 cm³/mol. The first-order valence-electron chi connectivity index (χ1n) is 9.80. The van der Waals surface area contributed by atoms with Gasteiger partial charge in [-0.25, -0.2) is 0 Å². The molecule has 0 atom stereocenters. The minimum absolute atomic E-state index is 0.263. The summed E-state index contributed by atoms with van der Waals surface area (Å²) >= 11 is 0. The minimum Gasteiger partial charge on any atom is -0.381 e. The first kappa shape index (κ1) is 16.4. The van der Waals surface area contributed by atoms with E-state index in [1.54, 1.807) is 0 Å². The highest BCUT2D eigenvalue weighted by Gasteiger charge is 2.43. The summed E-state index contributed by atoms with van der Waals surface area (Å²) in [6, 6.07) is 0. The molecule has 0 aromatic carbocycles.